The van der Waals surface area contributed by atoms with Crippen LogP contribution in [0.1, 0.15) is 17.5 Å². The predicted octanol–water partition coefficient (Wildman–Crippen LogP) is 3.83. The maximum Gasteiger partial charge on any atom is 0.423 e. The van der Waals surface area contributed by atoms with E-state index in [1.165, 1.54) is 0 Å². The molecule has 1 atom stereocenters. The molecule has 0 aliphatic heterocycles. The van der Waals surface area contributed by atoms with E-state index in [2.05, 4.69) is 10.2 Å². The average molecular weight is 429 g/mol. The van der Waals surface area contributed by atoms with Gasteiger partial charge in [0.05, 0.1) is 6.04 Å². The molecule has 0 bridgehead atoms. The number of nitrogens with zero attached hydrogens (tertiary/aromatic N) is 2. The number of imide groups is 1. The molecule has 150 valence electrons. The van der Waals surface area contributed by atoms with Crippen molar-refractivity contribution in [1.29, 1.82) is 0 Å². The van der Waals surface area contributed by atoms with Crippen LogP contribution in [-0.4, -0.2) is 28.2 Å². The molecule has 1 aromatic heterocycles. The fraction of sp³-hybridized carbons (Fsp3) is 0.200. The van der Waals surface area contributed by atoms with Crippen LogP contribution < -0.4 is 10.6 Å². The lowest BCUT2D eigenvalue weighted by Crippen LogP contribution is -2.47. The van der Waals surface area contributed by atoms with Gasteiger partial charge in [-0.2, -0.15) is 4.90 Å². The van der Waals surface area contributed by atoms with Gasteiger partial charge in [-0.25, -0.2) is 4.79 Å². The molecule has 29 heavy (non-hydrogen) atoms. The van der Waals surface area contributed by atoms with E-state index in [4.69, 9.17) is 22.7 Å². The Bertz CT molecular complexity index is 1010. The van der Waals surface area contributed by atoms with E-state index in [0.29, 0.717) is 16.8 Å². The van der Waals surface area contributed by atoms with Crippen molar-refractivity contribution in [2.75, 3.05) is 4.90 Å². The van der Waals surface area contributed by atoms with E-state index >= 15 is 0 Å². The highest BCUT2D eigenvalue weighted by atomic mass is 32.1. The number of carbonyl (C=O) groups excluding carboxylic acids is 2. The maximum absolute atomic E-state index is 12.9. The summed E-state index contributed by atoms with van der Waals surface area (Å²) in [4.78, 5) is 26.5. The number of anilines is 1. The van der Waals surface area contributed by atoms with Gasteiger partial charge in [-0.1, -0.05) is 72.0 Å². The van der Waals surface area contributed by atoms with Crippen LogP contribution in [0.4, 0.5) is 9.93 Å². The SMILES string of the molecule is N[C@H](CCc1ccccc1)C(=O)N(C(=O)OCc1ccccc1)c1n[nH]c(=S)s1. The number of aromatic amines is 1. The summed E-state index contributed by atoms with van der Waals surface area (Å²) in [5.74, 6) is -0.586. The third-order valence-corrected chi connectivity index (χ3v) is 5.20. The van der Waals surface area contributed by atoms with Gasteiger partial charge in [-0.05, 0) is 36.2 Å². The molecular formula is C20H20N4O3S2. The molecule has 0 aliphatic carbocycles. The quantitative estimate of drug-likeness (QED) is 0.555. The first kappa shape index (κ1) is 20.8. The summed E-state index contributed by atoms with van der Waals surface area (Å²) in [6.45, 7) is 0.0263. The van der Waals surface area contributed by atoms with Crippen LogP contribution in [0, 0.1) is 3.95 Å². The zero-order chi connectivity index (χ0) is 20.6. The highest BCUT2D eigenvalue weighted by Crippen LogP contribution is 2.21. The van der Waals surface area contributed by atoms with Gasteiger partial charge in [0.25, 0.3) is 5.91 Å². The van der Waals surface area contributed by atoms with Crippen molar-refractivity contribution in [3.05, 3.63) is 75.7 Å². The number of aryl methyl sites for hydroxylation is 1. The molecule has 0 radical (unpaired) electrons. The van der Waals surface area contributed by atoms with Crippen LogP contribution in [0.25, 0.3) is 0 Å². The van der Waals surface area contributed by atoms with Crippen LogP contribution in [0.5, 0.6) is 0 Å². The second-order valence-corrected chi connectivity index (χ2v) is 7.88. The molecule has 1 heterocycles. The molecule has 3 N–H and O–H groups in total. The van der Waals surface area contributed by atoms with Crippen molar-refractivity contribution < 1.29 is 14.3 Å². The lowest BCUT2D eigenvalue weighted by molar-refractivity contribution is -0.119. The zero-order valence-electron chi connectivity index (χ0n) is 15.5. The van der Waals surface area contributed by atoms with Crippen LogP contribution in [0.15, 0.2) is 60.7 Å². The summed E-state index contributed by atoms with van der Waals surface area (Å²) < 4.78 is 5.66. The van der Waals surface area contributed by atoms with Crippen molar-refractivity contribution >= 4 is 40.7 Å². The molecule has 7 nitrogen and oxygen atoms in total. The molecule has 2 aromatic carbocycles. The summed E-state index contributed by atoms with van der Waals surface area (Å²) in [5, 5.41) is 6.63. The number of ether oxygens (including phenoxy) is 1. The number of benzene rings is 2. The lowest BCUT2D eigenvalue weighted by Gasteiger charge is -2.21. The lowest BCUT2D eigenvalue weighted by atomic mass is 10.1. The van der Waals surface area contributed by atoms with Gasteiger partial charge < -0.3 is 10.5 Å². The molecule has 9 heteroatoms. The van der Waals surface area contributed by atoms with E-state index in [0.717, 1.165) is 27.4 Å². The van der Waals surface area contributed by atoms with E-state index in [9.17, 15) is 9.59 Å². The number of hydrogen-bond acceptors (Lipinski definition) is 7. The number of carbonyl (C=O) groups is 2. The van der Waals surface area contributed by atoms with Gasteiger partial charge >= 0.3 is 6.09 Å². The van der Waals surface area contributed by atoms with Crippen LogP contribution in [0.3, 0.4) is 0 Å². The first-order valence-corrected chi connectivity index (χ1v) is 10.2. The Hall–Kier alpha value is -2.88. The Labute approximate surface area is 177 Å². The van der Waals surface area contributed by atoms with E-state index in [1.807, 2.05) is 60.7 Å². The van der Waals surface area contributed by atoms with Gasteiger partial charge in [-0.3, -0.25) is 9.89 Å². The summed E-state index contributed by atoms with van der Waals surface area (Å²) in [5.41, 5.74) is 7.96. The van der Waals surface area contributed by atoms with Crippen LogP contribution in [0.2, 0.25) is 0 Å². The number of nitrogens with two attached hydrogens (primary N) is 1. The van der Waals surface area contributed by atoms with Gasteiger partial charge in [0, 0.05) is 0 Å². The Kier molecular flexibility index (Phi) is 7.23. The predicted molar refractivity (Wildman–Crippen MR) is 114 cm³/mol. The standard InChI is InChI=1S/C20H20N4O3S2/c21-16(12-11-14-7-3-1-4-8-14)17(25)24(18-22-23-19(28)29-18)20(26)27-13-15-9-5-2-6-10-15/h1-10,16H,11-13,21H2,(H,23,28)/t16-/m1/s1. The first-order chi connectivity index (χ1) is 14.0. The Morgan fingerprint density at radius 3 is 2.31 bits per heavy atom. The molecule has 0 aliphatic rings. The van der Waals surface area contributed by atoms with Crippen molar-refractivity contribution in [1.82, 2.24) is 10.2 Å². The molecule has 3 rings (SSSR count). The molecule has 0 saturated heterocycles. The largest absolute Gasteiger partial charge is 0.444 e. The summed E-state index contributed by atoms with van der Waals surface area (Å²) >= 11 is 6.03. The highest BCUT2D eigenvalue weighted by Gasteiger charge is 2.31. The van der Waals surface area contributed by atoms with E-state index < -0.39 is 18.0 Å². The topological polar surface area (TPSA) is 101 Å². The molecule has 0 fully saturated rings. The summed E-state index contributed by atoms with van der Waals surface area (Å²) in [7, 11) is 0. The minimum Gasteiger partial charge on any atom is -0.444 e. The smallest absolute Gasteiger partial charge is 0.423 e. The molecule has 0 spiro atoms. The van der Waals surface area contributed by atoms with Gasteiger partial charge in [0.2, 0.25) is 5.13 Å². The number of amides is 2. The van der Waals surface area contributed by atoms with Crippen LogP contribution in [-0.2, 0) is 22.6 Å². The highest BCUT2D eigenvalue weighted by molar-refractivity contribution is 7.73. The fourth-order valence-corrected chi connectivity index (χ4v) is 3.49. The molecule has 2 amide bonds. The second kappa shape index (κ2) is 10.1. The number of rotatable bonds is 7. The van der Waals surface area contributed by atoms with E-state index in [-0.39, 0.29) is 11.7 Å². The Balaban J connectivity index is 1.71. The molecule has 0 saturated carbocycles. The molecular weight excluding hydrogens is 408 g/mol. The van der Waals surface area contributed by atoms with Crippen molar-refractivity contribution in [2.24, 2.45) is 5.73 Å². The first-order valence-electron chi connectivity index (χ1n) is 8.94. The summed E-state index contributed by atoms with van der Waals surface area (Å²) in [6, 6.07) is 18.0. The molecule has 3 aromatic rings. The average Bonchev–Trinajstić information content (AvgIpc) is 3.17. The van der Waals surface area contributed by atoms with Crippen molar-refractivity contribution in [2.45, 2.75) is 25.5 Å². The summed E-state index contributed by atoms with van der Waals surface area (Å²) in [6.07, 6.45) is 0.143. The van der Waals surface area contributed by atoms with Gasteiger partial charge in [0.15, 0.2) is 3.95 Å². The normalized spacial score (nSPS) is 11.6. The third kappa shape index (κ3) is 5.80. The number of aromatic nitrogens is 2. The van der Waals surface area contributed by atoms with Gasteiger partial charge in [0.1, 0.15) is 6.61 Å². The fourth-order valence-electron chi connectivity index (χ4n) is 2.62. The van der Waals surface area contributed by atoms with Crippen LogP contribution >= 0.6 is 23.6 Å². The minimum absolute atomic E-state index is 0.0263. The van der Waals surface area contributed by atoms with E-state index in [1.54, 1.807) is 0 Å². The molecule has 0 unspecified atom stereocenters. The maximum atomic E-state index is 12.9. The van der Waals surface area contributed by atoms with Gasteiger partial charge in [-0.15, -0.1) is 5.10 Å². The second-order valence-electron chi connectivity index (χ2n) is 6.24. The third-order valence-electron chi connectivity index (χ3n) is 4.13. The monoisotopic (exact) mass is 428 g/mol. The van der Waals surface area contributed by atoms with Crippen molar-refractivity contribution in [3.8, 4) is 0 Å². The minimum atomic E-state index is -0.892. The zero-order valence-corrected chi connectivity index (χ0v) is 17.1. The number of hydrogen-bond donors (Lipinski definition) is 2. The number of H-pyrrole nitrogens is 1. The Morgan fingerprint density at radius 2 is 1.72 bits per heavy atom. The van der Waals surface area contributed by atoms with Crippen molar-refractivity contribution in [3.63, 3.8) is 0 Å². The number of nitrogens with one attached hydrogen (secondary N) is 1. The Morgan fingerprint density at radius 1 is 1.10 bits per heavy atom.